The summed E-state index contributed by atoms with van der Waals surface area (Å²) in [5.74, 6) is 0.768. The molecule has 1 unspecified atom stereocenters. The van der Waals surface area contributed by atoms with E-state index in [1.807, 2.05) is 125 Å². The molecule has 1 aliphatic heterocycles. The molecule has 12 heteroatoms. The normalized spacial score (nSPS) is 15.7. The van der Waals surface area contributed by atoms with Crippen LogP contribution in [0.4, 0.5) is 5.82 Å². The number of aromatic nitrogens is 4. The van der Waals surface area contributed by atoms with Gasteiger partial charge in [0.25, 0.3) is 5.65 Å². The third kappa shape index (κ3) is 6.06. The highest BCUT2D eigenvalue weighted by Crippen LogP contribution is 2.48. The highest BCUT2D eigenvalue weighted by Gasteiger charge is 2.49. The maximum absolute atomic E-state index is 6.75. The summed E-state index contributed by atoms with van der Waals surface area (Å²) < 4.78 is 29.3. The predicted molar refractivity (Wildman–Crippen MR) is 179 cm³/mol. The van der Waals surface area contributed by atoms with Crippen LogP contribution in [0.2, 0.25) is 10.0 Å². The van der Waals surface area contributed by atoms with Crippen LogP contribution in [0.25, 0.3) is 28.2 Å². The Balaban J connectivity index is 1.35. The number of hydrogen-bond donors (Lipinski definition) is 1. The fraction of sp³-hybridized carbons (Fsp3) is 0.147. The number of ether oxygens (including phenoxy) is 1. The second kappa shape index (κ2) is 13.0. The molecule has 0 bridgehead atoms. The Hall–Kier alpha value is -4.08. The van der Waals surface area contributed by atoms with Crippen LogP contribution in [0.1, 0.15) is 18.1 Å². The largest absolute Gasteiger partial charge is 0.439 e. The average molecular weight is 674 g/mol. The molecule has 0 amide bonds. The van der Waals surface area contributed by atoms with Gasteiger partial charge in [-0.15, -0.1) is 0 Å². The Morgan fingerprint density at radius 2 is 1.46 bits per heavy atom. The van der Waals surface area contributed by atoms with Gasteiger partial charge in [-0.2, -0.15) is 4.57 Å². The van der Waals surface area contributed by atoms with Crippen molar-refractivity contribution in [3.63, 3.8) is 0 Å². The number of anilines is 1. The van der Waals surface area contributed by atoms with E-state index in [0.717, 1.165) is 16.8 Å². The van der Waals surface area contributed by atoms with E-state index in [4.69, 9.17) is 52.2 Å². The third-order valence-corrected chi connectivity index (χ3v) is 9.29. The molecular weight excluding hydrogens is 644 g/mol. The lowest BCUT2D eigenvalue weighted by Gasteiger charge is -2.26. The summed E-state index contributed by atoms with van der Waals surface area (Å²) in [4.78, 5) is 9.57. The van der Waals surface area contributed by atoms with E-state index in [2.05, 4.69) is 4.98 Å². The zero-order valence-corrected chi connectivity index (χ0v) is 27.1. The van der Waals surface area contributed by atoms with Crippen molar-refractivity contribution in [2.24, 2.45) is 0 Å². The van der Waals surface area contributed by atoms with Crippen molar-refractivity contribution in [3.05, 3.63) is 130 Å². The first kappa shape index (κ1) is 30.6. The van der Waals surface area contributed by atoms with Crippen molar-refractivity contribution in [3.8, 4) is 23.1 Å². The molecule has 1 aliphatic rings. The summed E-state index contributed by atoms with van der Waals surface area (Å²) in [5, 5.41) is 1.13. The van der Waals surface area contributed by atoms with Crippen LogP contribution >= 0.6 is 31.8 Å². The van der Waals surface area contributed by atoms with Crippen molar-refractivity contribution in [2.45, 2.75) is 25.9 Å². The molecule has 46 heavy (non-hydrogen) atoms. The number of imidazole rings is 1. The van der Waals surface area contributed by atoms with Gasteiger partial charge in [0, 0.05) is 11.9 Å². The molecule has 0 radical (unpaired) electrons. The molecule has 3 heterocycles. The zero-order valence-electron chi connectivity index (χ0n) is 24.7. The van der Waals surface area contributed by atoms with Crippen LogP contribution in [0.15, 0.2) is 109 Å². The fourth-order valence-corrected chi connectivity index (χ4v) is 6.74. The van der Waals surface area contributed by atoms with Gasteiger partial charge in [-0.3, -0.25) is 4.52 Å². The molecule has 7 rings (SSSR count). The van der Waals surface area contributed by atoms with Crippen LogP contribution in [-0.2, 0) is 32.5 Å². The predicted octanol–water partition coefficient (Wildman–Crippen LogP) is 8.01. The first-order chi connectivity index (χ1) is 22.4. The first-order valence-corrected chi connectivity index (χ1v) is 16.4. The molecule has 1 atom stereocenters. The van der Waals surface area contributed by atoms with Crippen molar-refractivity contribution >= 4 is 48.8 Å². The molecule has 9 nitrogen and oxygen atoms in total. The third-order valence-electron chi connectivity index (χ3n) is 7.49. The van der Waals surface area contributed by atoms with Crippen molar-refractivity contribution in [2.75, 3.05) is 12.3 Å². The second-order valence-electron chi connectivity index (χ2n) is 10.8. The van der Waals surface area contributed by atoms with Gasteiger partial charge in [0.05, 0.1) is 23.8 Å². The summed E-state index contributed by atoms with van der Waals surface area (Å²) in [6.07, 6.45) is 0. The van der Waals surface area contributed by atoms with Gasteiger partial charge in [-0.1, -0.05) is 96.0 Å². The smallest absolute Gasteiger partial charge is 0.434 e. The molecule has 0 spiro atoms. The summed E-state index contributed by atoms with van der Waals surface area (Å²) in [6.45, 7) is 2.62. The summed E-state index contributed by atoms with van der Waals surface area (Å²) in [5.41, 5.74) is 9.92. The lowest BCUT2D eigenvalue weighted by molar-refractivity contribution is -0.760. The molecule has 4 aromatic carbocycles. The second-order valence-corrected chi connectivity index (χ2v) is 12.8. The van der Waals surface area contributed by atoms with E-state index in [0.29, 0.717) is 45.8 Å². The Bertz CT molecular complexity index is 1950. The van der Waals surface area contributed by atoms with Gasteiger partial charge in [-0.25, -0.2) is 9.55 Å². The highest BCUT2D eigenvalue weighted by atomic mass is 35.5. The number of fused-ring (bicyclic) bond motifs is 3. The van der Waals surface area contributed by atoms with Gasteiger partial charge in [0.15, 0.2) is 12.1 Å². The van der Waals surface area contributed by atoms with Crippen molar-refractivity contribution in [1.29, 1.82) is 0 Å². The van der Waals surface area contributed by atoms with E-state index < -0.39 is 14.3 Å². The van der Waals surface area contributed by atoms with E-state index >= 15 is 0 Å². The van der Waals surface area contributed by atoms with Gasteiger partial charge in [-0.05, 0) is 52.5 Å². The van der Waals surface area contributed by atoms with E-state index in [-0.39, 0.29) is 18.4 Å². The fourth-order valence-electron chi connectivity index (χ4n) is 5.25. The van der Waals surface area contributed by atoms with Gasteiger partial charge in [0.1, 0.15) is 5.69 Å². The zero-order chi connectivity index (χ0) is 31.7. The Kier molecular flexibility index (Phi) is 8.62. The van der Waals surface area contributed by atoms with Crippen LogP contribution in [-0.4, -0.2) is 21.1 Å². The standard InChI is InChI=1S/C34H28Cl2N5O4P/c1-34(45-46(43-20-23-10-4-2-5-11-23)44-21-24-12-6-3-7-13-24)22-42-33-39-30(37)29-32(41(33)34)40(26-18-16-25(35)17-19-26)31(38-29)27-14-8-9-15-28(27)36/h2-19,37H,20-22H2,1H3/p+1. The summed E-state index contributed by atoms with van der Waals surface area (Å²) >= 11 is 13.0. The van der Waals surface area contributed by atoms with Gasteiger partial charge in [0.2, 0.25) is 17.4 Å². The van der Waals surface area contributed by atoms with Crippen LogP contribution < -0.4 is 15.0 Å². The molecule has 0 saturated carbocycles. The number of nitrogens with zero attached hydrogens (tertiary/aromatic N) is 4. The summed E-state index contributed by atoms with van der Waals surface area (Å²) in [6, 6.07) is 35.0. The molecule has 0 aliphatic carbocycles. The quantitative estimate of drug-likeness (QED) is 0.116. The number of nitrogens with two attached hydrogens (primary N) is 1. The summed E-state index contributed by atoms with van der Waals surface area (Å²) in [7, 11) is -1.89. The molecule has 2 N–H and O–H groups in total. The van der Waals surface area contributed by atoms with Crippen LogP contribution in [0.5, 0.6) is 6.01 Å². The minimum atomic E-state index is -1.89. The molecule has 232 valence electrons. The van der Waals surface area contributed by atoms with E-state index in [9.17, 15) is 0 Å². The number of nitrogen functional groups attached to an aromatic ring is 1. The van der Waals surface area contributed by atoms with Gasteiger partial charge >= 0.3 is 14.6 Å². The maximum atomic E-state index is 6.75. The molecule has 2 aromatic heterocycles. The monoisotopic (exact) mass is 672 g/mol. The average Bonchev–Trinajstić information content (AvgIpc) is 3.62. The first-order valence-electron chi connectivity index (χ1n) is 14.5. The Labute approximate surface area is 277 Å². The van der Waals surface area contributed by atoms with Crippen molar-refractivity contribution in [1.82, 2.24) is 14.5 Å². The van der Waals surface area contributed by atoms with Crippen LogP contribution in [0, 0.1) is 0 Å². The number of rotatable bonds is 10. The number of halogens is 2. The van der Waals surface area contributed by atoms with Crippen LogP contribution in [0.3, 0.4) is 0 Å². The lowest BCUT2D eigenvalue weighted by Crippen LogP contribution is -2.54. The SMILES string of the molecule is CC1(OP(OCc2ccccc2)OCc2ccccc2)COc2nc(N)c3nc(-c4ccccc4Cl)n(-c4ccc(Cl)cc4)c3[n+]21. The minimum absolute atomic E-state index is 0.119. The highest BCUT2D eigenvalue weighted by molar-refractivity contribution is 7.41. The maximum Gasteiger partial charge on any atom is 0.439 e. The molecule has 6 aromatic rings. The lowest BCUT2D eigenvalue weighted by atomic mass is 10.2. The number of benzene rings is 4. The van der Waals surface area contributed by atoms with E-state index in [1.165, 1.54) is 0 Å². The minimum Gasteiger partial charge on any atom is -0.434 e. The van der Waals surface area contributed by atoms with Gasteiger partial charge < -0.3 is 19.5 Å². The molecule has 0 fully saturated rings. The Morgan fingerprint density at radius 3 is 2.09 bits per heavy atom. The topological polar surface area (TPSA) is 97.5 Å². The van der Waals surface area contributed by atoms with Crippen molar-refractivity contribution < 1.29 is 22.9 Å². The van der Waals surface area contributed by atoms with E-state index in [1.54, 1.807) is 0 Å². The molecule has 0 saturated heterocycles. The molecular formula is C34H29Cl2N5O4P+. The number of hydrogen-bond acceptors (Lipinski definition) is 7. The Morgan fingerprint density at radius 1 is 0.848 bits per heavy atom.